The zero-order valence-corrected chi connectivity index (χ0v) is 30.9. The Labute approximate surface area is 295 Å². The number of carbonyl (C=O) groups excluding carboxylic acids is 4. The molecule has 1 aromatic carbocycles. The fourth-order valence-corrected chi connectivity index (χ4v) is 7.82. The molecular weight excluding hydrogens is 675 g/mol. The highest BCUT2D eigenvalue weighted by atomic mass is 35.5. The zero-order valence-electron chi connectivity index (χ0n) is 29.3. The molecule has 0 radical (unpaired) electrons. The van der Waals surface area contributed by atoms with E-state index in [0.717, 1.165) is 32.1 Å². The zero-order chi connectivity index (χ0) is 36.2. The number of urea groups is 1. The van der Waals surface area contributed by atoms with Crippen LogP contribution in [0.5, 0.6) is 0 Å². The molecule has 0 aromatic heterocycles. The molecule has 3 N–H and O–H groups in total. The van der Waals surface area contributed by atoms with Crippen molar-refractivity contribution in [2.24, 2.45) is 16.8 Å². The van der Waals surface area contributed by atoms with Crippen molar-refractivity contribution in [1.82, 2.24) is 15.5 Å². The molecule has 2 rings (SSSR count). The quantitative estimate of drug-likeness (QED) is 0.0944. The third-order valence-electron chi connectivity index (χ3n) is 8.34. The van der Waals surface area contributed by atoms with Gasteiger partial charge in [-0.1, -0.05) is 55.8 Å². The van der Waals surface area contributed by atoms with Crippen LogP contribution in [0.15, 0.2) is 29.3 Å². The number of aliphatic imine (C=N–C) groups is 1. The molecule has 1 saturated carbocycles. The van der Waals surface area contributed by atoms with Crippen LogP contribution in [0.3, 0.4) is 0 Å². The van der Waals surface area contributed by atoms with E-state index in [1.54, 1.807) is 52.1 Å². The molecule has 1 fully saturated rings. The van der Waals surface area contributed by atoms with Gasteiger partial charge in [0, 0.05) is 44.5 Å². The Balaban J connectivity index is 2.19. The monoisotopic (exact) mass is 728 g/mol. The molecule has 49 heavy (non-hydrogen) atoms. The molecule has 4 amide bonds. The van der Waals surface area contributed by atoms with Crippen LogP contribution in [-0.2, 0) is 34.5 Å². The molecule has 0 bridgehead atoms. The second kappa shape index (κ2) is 22.8. The van der Waals surface area contributed by atoms with Gasteiger partial charge in [-0.15, -0.1) is 0 Å². The molecule has 276 valence electrons. The average molecular weight is 729 g/mol. The van der Waals surface area contributed by atoms with E-state index < -0.39 is 25.5 Å². The normalized spacial score (nSPS) is 15.3. The highest BCUT2D eigenvalue weighted by Gasteiger charge is 2.40. The first-order valence-electron chi connectivity index (χ1n) is 17.3. The summed E-state index contributed by atoms with van der Waals surface area (Å²) in [6.45, 7) is 6.01. The number of amides is 4. The lowest BCUT2D eigenvalue weighted by atomic mass is 9.84. The van der Waals surface area contributed by atoms with Crippen LogP contribution in [-0.4, -0.2) is 85.3 Å². The Bertz CT molecular complexity index is 1280. The molecule has 0 heterocycles. The van der Waals surface area contributed by atoms with Crippen LogP contribution in [0, 0.1) is 11.8 Å². The smallest absolute Gasteiger partial charge is 0.434 e. The van der Waals surface area contributed by atoms with Gasteiger partial charge >= 0.3 is 19.7 Å². The number of halogens is 1. The van der Waals surface area contributed by atoms with Gasteiger partial charge < -0.3 is 34.4 Å². The number of ether oxygens (including phenoxy) is 1. The summed E-state index contributed by atoms with van der Waals surface area (Å²) in [5.41, 5.74) is 0.781. The molecular formula is C34H54ClN4O9P. The summed E-state index contributed by atoms with van der Waals surface area (Å²) in [5, 5.41) is 17.1. The Hall–Kier alpha value is -2.83. The number of nitrogens with one attached hydrogen (secondary N) is 2. The number of ketones is 1. The lowest BCUT2D eigenvalue weighted by Crippen LogP contribution is -2.40. The largest absolute Gasteiger partial charge is 0.443 e. The van der Waals surface area contributed by atoms with Crippen molar-refractivity contribution < 1.29 is 42.6 Å². The maximum absolute atomic E-state index is 13.7. The number of likely N-dealkylation sites (N-methyl/N-ethyl adjacent to an activating group) is 1. The van der Waals surface area contributed by atoms with E-state index in [2.05, 4.69) is 15.6 Å². The second-order valence-electron chi connectivity index (χ2n) is 12.1. The summed E-state index contributed by atoms with van der Waals surface area (Å²) in [6.07, 6.45) is 4.46. The number of aliphatic hydroxyl groups is 1. The van der Waals surface area contributed by atoms with E-state index in [4.69, 9.17) is 25.4 Å². The van der Waals surface area contributed by atoms with E-state index in [1.165, 1.54) is 4.90 Å². The molecule has 2 atom stereocenters. The van der Waals surface area contributed by atoms with Crippen LogP contribution < -0.4 is 10.6 Å². The number of nitrogens with zero attached hydrogens (tertiary/aromatic N) is 2. The average Bonchev–Trinajstić information content (AvgIpc) is 3.07. The number of carbonyl (C=O) groups is 4. The highest BCUT2D eigenvalue weighted by Crippen LogP contribution is 2.55. The van der Waals surface area contributed by atoms with E-state index in [-0.39, 0.29) is 87.9 Å². The van der Waals surface area contributed by atoms with E-state index in [9.17, 15) is 28.8 Å². The van der Waals surface area contributed by atoms with Crippen molar-refractivity contribution in [2.75, 3.05) is 39.9 Å². The predicted octanol–water partition coefficient (Wildman–Crippen LogP) is 6.50. The molecule has 0 spiro atoms. The number of Topliss-reactive ketones (excluding diaryl/α,β-unsaturated/α-hetero) is 1. The summed E-state index contributed by atoms with van der Waals surface area (Å²) in [5.74, 6) is -2.86. The van der Waals surface area contributed by atoms with Gasteiger partial charge in [-0.05, 0) is 69.6 Å². The van der Waals surface area contributed by atoms with Gasteiger partial charge in [0.05, 0.1) is 18.9 Å². The SMILES string of the molecule is CCNC(=O)NCCN(C)C(=O)CC[C@H](CCC(=O)C(CC1CCCCC1)=NC(=O)OCc1cccc(Cl)c1)C(O)P(=O)(OCC)OCC. The number of rotatable bonds is 21. The summed E-state index contributed by atoms with van der Waals surface area (Å²) in [6, 6.07) is 6.55. The number of hydrogen-bond donors (Lipinski definition) is 3. The molecule has 0 aliphatic heterocycles. The van der Waals surface area contributed by atoms with E-state index >= 15 is 0 Å². The molecule has 13 nitrogen and oxygen atoms in total. The Morgan fingerprint density at radius 1 is 1.04 bits per heavy atom. The third-order valence-corrected chi connectivity index (χ3v) is 10.9. The van der Waals surface area contributed by atoms with Crippen molar-refractivity contribution in [1.29, 1.82) is 0 Å². The van der Waals surface area contributed by atoms with Crippen LogP contribution in [0.2, 0.25) is 5.02 Å². The van der Waals surface area contributed by atoms with Gasteiger partial charge in [0.1, 0.15) is 6.61 Å². The number of aliphatic hydroxyl groups excluding tert-OH is 1. The van der Waals surface area contributed by atoms with Gasteiger partial charge in [0.2, 0.25) is 5.91 Å². The summed E-state index contributed by atoms with van der Waals surface area (Å²) in [4.78, 5) is 56.7. The standard InChI is InChI=1S/C34H54ClN4O9P/c1-5-36-33(43)37-20-21-39(4)31(41)19-17-27(32(42)49(45,47-6-2)48-7-3)16-18-30(40)29(23-25-12-9-8-10-13-25)38-34(44)46-24-26-14-11-15-28(35)22-26/h11,14-15,22,25,27,32,42H,5-10,12-13,16-21,23-24H2,1-4H3,(H2,36,37,43)/t27-,32?/m0/s1. The first-order chi connectivity index (χ1) is 23.4. The molecule has 1 aliphatic rings. The summed E-state index contributed by atoms with van der Waals surface area (Å²) < 4.78 is 29.7. The Kier molecular flexibility index (Phi) is 19.7. The molecule has 1 aromatic rings. The first-order valence-corrected chi connectivity index (χ1v) is 19.3. The van der Waals surface area contributed by atoms with Gasteiger partial charge in [0.15, 0.2) is 11.6 Å². The minimum absolute atomic E-state index is 0.0231. The van der Waals surface area contributed by atoms with Crippen molar-refractivity contribution in [3.63, 3.8) is 0 Å². The van der Waals surface area contributed by atoms with Crippen LogP contribution in [0.1, 0.15) is 90.5 Å². The third kappa shape index (κ3) is 15.7. The van der Waals surface area contributed by atoms with Crippen LogP contribution in [0.25, 0.3) is 0 Å². The topological polar surface area (TPSA) is 173 Å². The van der Waals surface area contributed by atoms with Crippen LogP contribution in [0.4, 0.5) is 9.59 Å². The predicted molar refractivity (Wildman–Crippen MR) is 189 cm³/mol. The number of benzene rings is 1. The number of hydrogen-bond acceptors (Lipinski definition) is 9. The minimum Gasteiger partial charge on any atom is -0.443 e. The van der Waals surface area contributed by atoms with Crippen molar-refractivity contribution in [3.05, 3.63) is 34.9 Å². The molecule has 1 aliphatic carbocycles. The van der Waals surface area contributed by atoms with Crippen molar-refractivity contribution in [2.45, 2.75) is 97.4 Å². The fraction of sp³-hybridized carbons (Fsp3) is 0.676. The van der Waals surface area contributed by atoms with E-state index in [1.807, 2.05) is 0 Å². The summed E-state index contributed by atoms with van der Waals surface area (Å²) in [7, 11) is -2.41. The second-order valence-corrected chi connectivity index (χ2v) is 14.7. The first kappa shape index (κ1) is 42.3. The maximum Gasteiger partial charge on any atom is 0.434 e. The lowest BCUT2D eigenvalue weighted by Gasteiger charge is -2.29. The van der Waals surface area contributed by atoms with Gasteiger partial charge in [0.25, 0.3) is 0 Å². The van der Waals surface area contributed by atoms with E-state index in [0.29, 0.717) is 23.6 Å². The minimum atomic E-state index is -4.01. The molecule has 0 saturated heterocycles. The maximum atomic E-state index is 13.7. The van der Waals surface area contributed by atoms with Crippen molar-refractivity contribution >= 4 is 48.7 Å². The molecule has 1 unspecified atom stereocenters. The van der Waals surface area contributed by atoms with Crippen LogP contribution >= 0.6 is 19.2 Å². The summed E-state index contributed by atoms with van der Waals surface area (Å²) >= 11 is 6.03. The lowest BCUT2D eigenvalue weighted by molar-refractivity contribution is -0.130. The van der Waals surface area contributed by atoms with Gasteiger partial charge in [-0.3, -0.25) is 14.2 Å². The highest BCUT2D eigenvalue weighted by molar-refractivity contribution is 7.54. The van der Waals surface area contributed by atoms with Gasteiger partial charge in [-0.2, -0.15) is 4.99 Å². The molecule has 15 heteroatoms. The van der Waals surface area contributed by atoms with Crippen molar-refractivity contribution in [3.8, 4) is 0 Å². The fourth-order valence-electron chi connectivity index (χ4n) is 5.70. The Morgan fingerprint density at radius 3 is 2.35 bits per heavy atom. The van der Waals surface area contributed by atoms with Gasteiger partial charge in [-0.25, -0.2) is 9.59 Å². The Morgan fingerprint density at radius 2 is 1.71 bits per heavy atom.